The Labute approximate surface area is 197 Å². The largest absolute Gasteiger partial charge is 0.471 e. The second-order valence-corrected chi connectivity index (χ2v) is 9.60. The maximum Gasteiger partial charge on any atom is 0.471 e. The van der Waals surface area contributed by atoms with Gasteiger partial charge in [0.05, 0.1) is 12.1 Å². The van der Waals surface area contributed by atoms with Gasteiger partial charge in [-0.3, -0.25) is 4.79 Å². The number of carbonyl (C=O) groups excluding carboxylic acids is 1. The Balaban J connectivity index is 1.27. The SMILES string of the molecule is O=C(N1Cc2cc(Cl)ccc2-c2c(N3CC4(CN(c5ccccn5)C4)C3)noc2C1)C(F)(F)F. The van der Waals surface area contributed by atoms with Gasteiger partial charge in [-0.15, -0.1) is 0 Å². The van der Waals surface area contributed by atoms with Crippen LogP contribution in [0.5, 0.6) is 0 Å². The third-order valence-corrected chi connectivity index (χ3v) is 6.92. The Morgan fingerprint density at radius 2 is 1.82 bits per heavy atom. The van der Waals surface area contributed by atoms with Gasteiger partial charge in [0, 0.05) is 49.4 Å². The van der Waals surface area contributed by atoms with Gasteiger partial charge in [-0.2, -0.15) is 13.2 Å². The number of carbonyl (C=O) groups is 1. The zero-order chi connectivity index (χ0) is 23.7. The number of hydrogen-bond donors (Lipinski definition) is 0. The third-order valence-electron chi connectivity index (χ3n) is 6.68. The van der Waals surface area contributed by atoms with Crippen molar-refractivity contribution < 1.29 is 22.5 Å². The Kier molecular flexibility index (Phi) is 4.61. The minimum absolute atomic E-state index is 0.120. The van der Waals surface area contributed by atoms with E-state index in [9.17, 15) is 18.0 Å². The van der Waals surface area contributed by atoms with Gasteiger partial charge in [0.25, 0.3) is 0 Å². The lowest BCUT2D eigenvalue weighted by Crippen LogP contribution is -2.72. The minimum atomic E-state index is -4.99. The first-order chi connectivity index (χ1) is 16.2. The van der Waals surface area contributed by atoms with Gasteiger partial charge in [-0.1, -0.05) is 28.9 Å². The number of aromatic nitrogens is 2. The molecule has 1 spiro atoms. The van der Waals surface area contributed by atoms with E-state index in [2.05, 4.69) is 19.9 Å². The summed E-state index contributed by atoms with van der Waals surface area (Å²) < 4.78 is 45.1. The molecular formula is C23H19ClF3N5O2. The molecule has 0 aliphatic carbocycles. The summed E-state index contributed by atoms with van der Waals surface area (Å²) in [6.07, 6.45) is -3.21. The lowest BCUT2D eigenvalue weighted by molar-refractivity contribution is -0.187. The first kappa shape index (κ1) is 21.3. The molecule has 0 unspecified atom stereocenters. The molecule has 2 aromatic heterocycles. The summed E-state index contributed by atoms with van der Waals surface area (Å²) in [5.41, 5.74) is 1.95. The second kappa shape index (κ2) is 7.36. The quantitative estimate of drug-likeness (QED) is 0.539. The standard InChI is InChI=1S/C23H19ClF3N5O2/c24-15-4-5-16-14(7-15)8-30(21(33)23(25,26)27)9-17-19(16)20(29-34-17)32-12-22(13-32)10-31(11-22)18-3-1-2-6-28-18/h1-7H,8-13H2. The van der Waals surface area contributed by atoms with Crippen molar-refractivity contribution in [1.82, 2.24) is 15.0 Å². The van der Waals surface area contributed by atoms with Crippen molar-refractivity contribution in [3.8, 4) is 11.1 Å². The Hall–Kier alpha value is -3.27. The summed E-state index contributed by atoms with van der Waals surface area (Å²) in [7, 11) is 0. The zero-order valence-electron chi connectivity index (χ0n) is 17.8. The van der Waals surface area contributed by atoms with Gasteiger partial charge in [-0.25, -0.2) is 4.98 Å². The topological polar surface area (TPSA) is 65.7 Å². The summed E-state index contributed by atoms with van der Waals surface area (Å²) in [5, 5.41) is 4.59. The van der Waals surface area contributed by atoms with Gasteiger partial charge in [0.2, 0.25) is 0 Å². The smallest absolute Gasteiger partial charge is 0.357 e. The van der Waals surface area contributed by atoms with Gasteiger partial charge in [-0.05, 0) is 35.4 Å². The van der Waals surface area contributed by atoms with E-state index < -0.39 is 12.1 Å². The highest BCUT2D eigenvalue weighted by Gasteiger charge is 2.53. The Bertz CT molecular complexity index is 1270. The molecule has 5 heterocycles. The molecule has 0 atom stereocenters. The van der Waals surface area contributed by atoms with Crippen LogP contribution < -0.4 is 9.80 Å². The van der Waals surface area contributed by atoms with Gasteiger partial charge in [0.15, 0.2) is 11.6 Å². The first-order valence-electron chi connectivity index (χ1n) is 10.8. The van der Waals surface area contributed by atoms with Crippen LogP contribution in [0.25, 0.3) is 11.1 Å². The van der Waals surface area contributed by atoms with Gasteiger partial charge >= 0.3 is 12.1 Å². The van der Waals surface area contributed by atoms with Crippen LogP contribution in [-0.2, 0) is 17.9 Å². The molecule has 1 aromatic carbocycles. The molecule has 7 nitrogen and oxygen atoms in total. The average Bonchev–Trinajstić information content (AvgIpc) is 3.06. The third kappa shape index (κ3) is 3.39. The molecule has 3 aliphatic rings. The van der Waals surface area contributed by atoms with E-state index in [0.717, 1.165) is 36.9 Å². The summed E-state index contributed by atoms with van der Waals surface area (Å²) in [5.74, 6) is -0.154. The molecule has 0 radical (unpaired) electrons. The van der Waals surface area contributed by atoms with Crippen LogP contribution in [0.2, 0.25) is 5.02 Å². The molecule has 11 heteroatoms. The van der Waals surface area contributed by atoms with Gasteiger partial charge < -0.3 is 19.2 Å². The molecule has 34 heavy (non-hydrogen) atoms. The van der Waals surface area contributed by atoms with Crippen LogP contribution in [0.15, 0.2) is 47.1 Å². The molecule has 0 bridgehead atoms. The molecule has 3 aliphatic heterocycles. The number of fused-ring (bicyclic) bond motifs is 3. The van der Waals surface area contributed by atoms with E-state index in [1.165, 1.54) is 0 Å². The zero-order valence-corrected chi connectivity index (χ0v) is 18.6. The normalized spacial score (nSPS) is 18.6. The lowest BCUT2D eigenvalue weighted by atomic mass is 9.72. The molecule has 6 rings (SSSR count). The fraction of sp³-hybridized carbons (Fsp3) is 0.348. The number of rotatable bonds is 2. The van der Waals surface area contributed by atoms with Crippen molar-refractivity contribution in [3.63, 3.8) is 0 Å². The summed E-state index contributed by atoms with van der Waals surface area (Å²) in [6.45, 7) is 2.72. The number of alkyl halides is 3. The molecule has 0 saturated carbocycles. The van der Waals surface area contributed by atoms with E-state index in [1.54, 1.807) is 24.4 Å². The van der Waals surface area contributed by atoms with Crippen LogP contribution >= 0.6 is 11.6 Å². The van der Waals surface area contributed by atoms with E-state index in [4.69, 9.17) is 16.1 Å². The average molecular weight is 490 g/mol. The molecule has 176 valence electrons. The Morgan fingerprint density at radius 3 is 2.53 bits per heavy atom. The van der Waals surface area contributed by atoms with E-state index in [0.29, 0.717) is 27.5 Å². The molecule has 0 N–H and O–H groups in total. The highest BCUT2D eigenvalue weighted by Crippen LogP contribution is 2.47. The van der Waals surface area contributed by atoms with Crippen LogP contribution in [0.4, 0.5) is 24.8 Å². The predicted molar refractivity (Wildman–Crippen MR) is 118 cm³/mol. The van der Waals surface area contributed by atoms with E-state index in [1.807, 2.05) is 18.2 Å². The van der Waals surface area contributed by atoms with Crippen molar-refractivity contribution in [2.75, 3.05) is 36.0 Å². The number of nitrogens with zero attached hydrogens (tertiary/aromatic N) is 5. The van der Waals surface area contributed by atoms with Crippen molar-refractivity contribution in [1.29, 1.82) is 0 Å². The lowest BCUT2D eigenvalue weighted by Gasteiger charge is -2.60. The number of pyridine rings is 1. The van der Waals surface area contributed by atoms with Crippen molar-refractivity contribution in [2.45, 2.75) is 19.3 Å². The molecule has 2 saturated heterocycles. The van der Waals surface area contributed by atoms with Crippen molar-refractivity contribution >= 4 is 29.1 Å². The summed E-state index contributed by atoms with van der Waals surface area (Å²) in [4.78, 5) is 21.5. The number of hydrogen-bond acceptors (Lipinski definition) is 6. The van der Waals surface area contributed by atoms with E-state index >= 15 is 0 Å². The molecule has 1 amide bonds. The monoisotopic (exact) mass is 489 g/mol. The number of amides is 1. The van der Waals surface area contributed by atoms with Crippen LogP contribution in [0.1, 0.15) is 11.3 Å². The second-order valence-electron chi connectivity index (χ2n) is 9.16. The summed E-state index contributed by atoms with van der Waals surface area (Å²) in [6, 6.07) is 10.8. The highest BCUT2D eigenvalue weighted by atomic mass is 35.5. The number of halogens is 4. The predicted octanol–water partition coefficient (Wildman–Crippen LogP) is 4.12. The highest BCUT2D eigenvalue weighted by molar-refractivity contribution is 6.30. The minimum Gasteiger partial charge on any atom is -0.357 e. The fourth-order valence-corrected chi connectivity index (χ4v) is 5.38. The maximum atomic E-state index is 13.2. The molecule has 2 fully saturated rings. The molecule has 3 aromatic rings. The van der Waals surface area contributed by atoms with Crippen LogP contribution in [0, 0.1) is 5.41 Å². The van der Waals surface area contributed by atoms with E-state index in [-0.39, 0.29) is 24.3 Å². The van der Waals surface area contributed by atoms with Gasteiger partial charge in [0.1, 0.15) is 5.82 Å². The number of anilines is 2. The van der Waals surface area contributed by atoms with Crippen LogP contribution in [0.3, 0.4) is 0 Å². The number of benzene rings is 1. The fourth-order valence-electron chi connectivity index (χ4n) is 5.18. The first-order valence-corrected chi connectivity index (χ1v) is 11.1. The summed E-state index contributed by atoms with van der Waals surface area (Å²) >= 11 is 6.13. The van der Waals surface area contributed by atoms with Crippen molar-refractivity contribution in [2.24, 2.45) is 5.41 Å². The Morgan fingerprint density at radius 1 is 1.06 bits per heavy atom. The van der Waals surface area contributed by atoms with Crippen LogP contribution in [-0.4, -0.2) is 53.3 Å². The maximum absolute atomic E-state index is 13.2. The van der Waals surface area contributed by atoms with Crippen molar-refractivity contribution in [3.05, 3.63) is 58.9 Å². The molecular weight excluding hydrogens is 471 g/mol.